The lowest BCUT2D eigenvalue weighted by Gasteiger charge is -2.25. The van der Waals surface area contributed by atoms with Crippen LogP contribution in [-0.4, -0.2) is 41.4 Å². The maximum absolute atomic E-state index is 12.0. The number of hydrogen-bond acceptors (Lipinski definition) is 6. The van der Waals surface area contributed by atoms with E-state index in [2.05, 4.69) is 0 Å². The van der Waals surface area contributed by atoms with Crippen molar-refractivity contribution in [3.63, 3.8) is 0 Å². The van der Waals surface area contributed by atoms with Gasteiger partial charge in [0, 0.05) is 20.2 Å². The molecule has 0 aliphatic rings. The van der Waals surface area contributed by atoms with Gasteiger partial charge >= 0.3 is 11.9 Å². The van der Waals surface area contributed by atoms with Crippen molar-refractivity contribution >= 4 is 34.7 Å². The van der Waals surface area contributed by atoms with Gasteiger partial charge in [0.25, 0.3) is 0 Å². The van der Waals surface area contributed by atoms with E-state index in [9.17, 15) is 24.9 Å². The van der Waals surface area contributed by atoms with Crippen molar-refractivity contribution in [3.05, 3.63) is 102 Å². The Balaban J connectivity index is 1.74. The van der Waals surface area contributed by atoms with Crippen molar-refractivity contribution in [3.8, 4) is 17.2 Å². The number of phenols is 1. The van der Waals surface area contributed by atoms with E-state index in [1.165, 1.54) is 17.0 Å². The van der Waals surface area contributed by atoms with Crippen LogP contribution < -0.4 is 14.5 Å². The van der Waals surface area contributed by atoms with Crippen LogP contribution in [0, 0.1) is 0 Å². The Bertz CT molecular complexity index is 1440. The second kappa shape index (κ2) is 10.1. The molecule has 0 fully saturated rings. The van der Waals surface area contributed by atoms with Gasteiger partial charge in [0.15, 0.2) is 5.75 Å². The van der Waals surface area contributed by atoms with Crippen LogP contribution in [0.5, 0.6) is 17.2 Å². The summed E-state index contributed by atoms with van der Waals surface area (Å²) in [5.41, 5.74) is 1.89. The highest BCUT2D eigenvalue weighted by molar-refractivity contribution is 5.99. The predicted molar refractivity (Wildman–Crippen MR) is 138 cm³/mol. The maximum Gasteiger partial charge on any atom is 0.337 e. The summed E-state index contributed by atoms with van der Waals surface area (Å²) in [5.74, 6) is -1.33. The molecule has 4 aromatic carbocycles. The largest absolute Gasteiger partial charge is 0.506 e. The van der Waals surface area contributed by atoms with Gasteiger partial charge in [-0.25, -0.2) is 9.59 Å². The molecule has 0 aliphatic heterocycles. The molecule has 4 rings (SSSR count). The first kappa shape index (κ1) is 24.2. The van der Waals surface area contributed by atoms with Crippen molar-refractivity contribution < 1.29 is 29.6 Å². The molecule has 0 spiro atoms. The van der Waals surface area contributed by atoms with Gasteiger partial charge in [0.2, 0.25) is 0 Å². The molecule has 0 saturated heterocycles. The molecule has 0 amide bonds. The summed E-state index contributed by atoms with van der Waals surface area (Å²) in [6.07, 6.45) is 0. The lowest BCUT2D eigenvalue weighted by Crippen LogP contribution is -2.17. The molecule has 36 heavy (non-hydrogen) atoms. The fraction of sp³-hybridized carbons (Fsp3) is 0.0714. The minimum Gasteiger partial charge on any atom is -0.506 e. The van der Waals surface area contributed by atoms with E-state index in [1.807, 2.05) is 18.2 Å². The Labute approximate surface area is 207 Å². The molecule has 0 atom stereocenters. The number of hydrogen-bond donors (Lipinski definition) is 3. The van der Waals surface area contributed by atoms with Gasteiger partial charge in [-0.15, -0.1) is 0 Å². The van der Waals surface area contributed by atoms with Gasteiger partial charge < -0.3 is 29.9 Å². The topological polar surface area (TPSA) is 111 Å². The Morgan fingerprint density at radius 3 is 1.83 bits per heavy atom. The number of ether oxygens (including phenoxy) is 1. The molecule has 182 valence electrons. The minimum atomic E-state index is -1.16. The third-order valence-electron chi connectivity index (χ3n) is 5.75. The Morgan fingerprint density at radius 2 is 1.17 bits per heavy atom. The monoisotopic (exact) mass is 484 g/mol. The summed E-state index contributed by atoms with van der Waals surface area (Å²) >= 11 is 0. The van der Waals surface area contributed by atoms with Gasteiger partial charge in [-0.1, -0.05) is 36.4 Å². The van der Waals surface area contributed by atoms with E-state index >= 15 is 0 Å². The number of aromatic carboxylic acids is 2. The highest BCUT2D eigenvalue weighted by Crippen LogP contribution is 2.40. The Morgan fingerprint density at radius 1 is 0.639 bits per heavy atom. The molecule has 4 aromatic rings. The molecule has 0 heterocycles. The van der Waals surface area contributed by atoms with E-state index in [1.54, 1.807) is 79.7 Å². The predicted octanol–water partition coefficient (Wildman–Crippen LogP) is 6.12. The Kier molecular flexibility index (Phi) is 6.78. The van der Waals surface area contributed by atoms with Gasteiger partial charge in [0.1, 0.15) is 11.5 Å². The van der Waals surface area contributed by atoms with Crippen LogP contribution in [0.25, 0.3) is 0 Å². The number of rotatable bonds is 8. The van der Waals surface area contributed by atoms with Gasteiger partial charge in [-0.3, -0.25) is 0 Å². The van der Waals surface area contributed by atoms with E-state index in [0.717, 1.165) is 0 Å². The lowest BCUT2D eigenvalue weighted by molar-refractivity contribution is 0.0688. The van der Waals surface area contributed by atoms with Crippen molar-refractivity contribution in [2.75, 3.05) is 23.9 Å². The molecule has 0 unspecified atom stereocenters. The van der Waals surface area contributed by atoms with Crippen LogP contribution >= 0.6 is 0 Å². The molecule has 0 saturated carbocycles. The van der Waals surface area contributed by atoms with Crippen LogP contribution in [0.3, 0.4) is 0 Å². The van der Waals surface area contributed by atoms with Crippen LogP contribution in [0.1, 0.15) is 20.7 Å². The number of benzene rings is 4. The average Bonchev–Trinajstić information content (AvgIpc) is 2.88. The summed E-state index contributed by atoms with van der Waals surface area (Å²) in [7, 11) is 3.40. The van der Waals surface area contributed by atoms with E-state index in [-0.39, 0.29) is 22.6 Å². The maximum atomic E-state index is 12.0. The highest BCUT2D eigenvalue weighted by Gasteiger charge is 2.21. The first-order chi connectivity index (χ1) is 17.3. The first-order valence-corrected chi connectivity index (χ1v) is 11.0. The molecule has 0 aliphatic carbocycles. The molecular weight excluding hydrogens is 460 g/mol. The quantitative estimate of drug-likeness (QED) is 0.274. The fourth-order valence-electron chi connectivity index (χ4n) is 3.94. The summed E-state index contributed by atoms with van der Waals surface area (Å²) in [4.78, 5) is 27.0. The summed E-state index contributed by atoms with van der Waals surface area (Å²) in [6.45, 7) is 0. The number of para-hydroxylation sites is 5. The highest BCUT2D eigenvalue weighted by atomic mass is 16.5. The standard InChI is InChI=1S/C28H24N2O6/c1-29(21-10-4-3-9-19(21)27(32)33)24-17-18(15-16-20(24)28(34)35)36-26-14-8-6-12-23(26)30(2)22-11-5-7-13-25(22)31/h3-17,31H,1-2H3,(H,32,33)(H,34,35). The molecular formula is C28H24N2O6. The number of carbonyl (C=O) groups is 2. The normalized spacial score (nSPS) is 10.5. The minimum absolute atomic E-state index is 0.00958. The fourth-order valence-corrected chi connectivity index (χ4v) is 3.94. The van der Waals surface area contributed by atoms with E-state index in [0.29, 0.717) is 28.6 Å². The molecule has 3 N–H and O–H groups in total. The lowest BCUT2D eigenvalue weighted by atomic mass is 10.1. The van der Waals surface area contributed by atoms with Crippen molar-refractivity contribution in [1.82, 2.24) is 0 Å². The number of anilines is 4. The molecule has 0 aromatic heterocycles. The molecule has 0 radical (unpaired) electrons. The van der Waals surface area contributed by atoms with Crippen LogP contribution in [0.4, 0.5) is 22.7 Å². The van der Waals surface area contributed by atoms with Crippen molar-refractivity contribution in [2.45, 2.75) is 0 Å². The second-order valence-corrected chi connectivity index (χ2v) is 7.98. The first-order valence-electron chi connectivity index (χ1n) is 11.0. The molecule has 0 bridgehead atoms. The van der Waals surface area contributed by atoms with Gasteiger partial charge in [-0.05, 0) is 48.5 Å². The van der Waals surface area contributed by atoms with Gasteiger partial charge in [-0.2, -0.15) is 0 Å². The van der Waals surface area contributed by atoms with Crippen LogP contribution in [0.15, 0.2) is 91.0 Å². The van der Waals surface area contributed by atoms with Crippen molar-refractivity contribution in [1.29, 1.82) is 0 Å². The number of carboxylic acid groups (broad SMARTS) is 2. The number of carboxylic acids is 2. The summed E-state index contributed by atoms with van der Waals surface area (Å²) < 4.78 is 6.17. The third-order valence-corrected chi connectivity index (χ3v) is 5.75. The van der Waals surface area contributed by atoms with Crippen LogP contribution in [0.2, 0.25) is 0 Å². The Hall–Kier alpha value is -4.98. The molecule has 8 heteroatoms. The average molecular weight is 485 g/mol. The SMILES string of the molecule is CN(c1ccccc1O)c1ccccc1Oc1ccc(C(=O)O)c(N(C)c2ccccc2C(=O)O)c1. The van der Waals surface area contributed by atoms with Gasteiger partial charge in [0.05, 0.1) is 33.9 Å². The number of nitrogens with zero attached hydrogens (tertiary/aromatic N) is 2. The summed E-state index contributed by atoms with van der Waals surface area (Å²) in [6, 6.07) is 25.0. The zero-order chi connectivity index (χ0) is 25.8. The molecule has 8 nitrogen and oxygen atoms in total. The number of phenolic OH excluding ortho intramolecular Hbond substituents is 1. The van der Waals surface area contributed by atoms with Crippen molar-refractivity contribution in [2.24, 2.45) is 0 Å². The zero-order valence-electron chi connectivity index (χ0n) is 19.6. The smallest absolute Gasteiger partial charge is 0.337 e. The number of aromatic hydroxyl groups is 1. The summed E-state index contributed by atoms with van der Waals surface area (Å²) in [5, 5.41) is 29.7. The van der Waals surface area contributed by atoms with Crippen LogP contribution in [-0.2, 0) is 0 Å². The van der Waals surface area contributed by atoms with E-state index < -0.39 is 11.9 Å². The second-order valence-electron chi connectivity index (χ2n) is 7.98. The zero-order valence-corrected chi connectivity index (χ0v) is 19.6. The van der Waals surface area contributed by atoms with E-state index in [4.69, 9.17) is 4.74 Å². The third kappa shape index (κ3) is 4.78.